The molecule has 1 unspecified atom stereocenters. The Hall–Kier alpha value is -1.56. The van der Waals surface area contributed by atoms with Crippen LogP contribution in [0.2, 0.25) is 0 Å². The first kappa shape index (κ1) is 15.3. The van der Waals surface area contributed by atoms with E-state index in [4.69, 9.17) is 0 Å². The molecule has 0 radical (unpaired) electrons. The van der Waals surface area contributed by atoms with Crippen molar-refractivity contribution in [2.24, 2.45) is 0 Å². The molecule has 2 aliphatic heterocycles. The number of carbonyl (C=O) groups is 2. The number of nitrogens with one attached hydrogen (secondary N) is 1. The zero-order valence-corrected chi connectivity index (χ0v) is 13.6. The van der Waals surface area contributed by atoms with Crippen LogP contribution in [0.15, 0.2) is 17.5 Å². The summed E-state index contributed by atoms with van der Waals surface area (Å²) >= 11 is 1.72. The van der Waals surface area contributed by atoms with Crippen molar-refractivity contribution in [2.75, 3.05) is 26.2 Å². The molecule has 1 aromatic heterocycles. The number of likely N-dealkylation sites (tertiary alicyclic amines) is 2. The minimum absolute atomic E-state index is 0.0312. The highest BCUT2D eigenvalue weighted by Gasteiger charge is 2.30. The number of nitrogens with zero attached hydrogens (tertiary/aromatic N) is 2. The number of amides is 3. The summed E-state index contributed by atoms with van der Waals surface area (Å²) in [6.07, 6.45) is 4.60. The SMILES string of the molecule is O=C1CCCN1CCCNC(=O)N1CCCC1c1cccs1. The van der Waals surface area contributed by atoms with Crippen molar-refractivity contribution < 1.29 is 9.59 Å². The van der Waals surface area contributed by atoms with Gasteiger partial charge in [-0.3, -0.25) is 4.79 Å². The number of hydrogen-bond acceptors (Lipinski definition) is 3. The predicted molar refractivity (Wildman–Crippen MR) is 86.8 cm³/mol. The van der Waals surface area contributed by atoms with Crippen LogP contribution in [0.4, 0.5) is 4.79 Å². The molecule has 0 bridgehead atoms. The molecule has 6 heteroatoms. The summed E-state index contributed by atoms with van der Waals surface area (Å²) in [6, 6.07) is 4.42. The van der Waals surface area contributed by atoms with Gasteiger partial charge in [0.15, 0.2) is 0 Å². The van der Waals surface area contributed by atoms with Gasteiger partial charge >= 0.3 is 6.03 Å². The lowest BCUT2D eigenvalue weighted by Gasteiger charge is -2.24. The highest BCUT2D eigenvalue weighted by Crippen LogP contribution is 2.34. The summed E-state index contributed by atoms with van der Waals surface area (Å²) in [7, 11) is 0. The van der Waals surface area contributed by atoms with Gasteiger partial charge < -0.3 is 15.1 Å². The average molecular weight is 321 g/mol. The van der Waals surface area contributed by atoms with E-state index in [0.29, 0.717) is 13.0 Å². The van der Waals surface area contributed by atoms with Crippen molar-refractivity contribution in [3.8, 4) is 0 Å². The average Bonchev–Trinajstić information content (AvgIpc) is 3.24. The first-order valence-corrected chi connectivity index (χ1v) is 8.99. The standard InChI is InChI=1S/C16H23N3O2S/c20-15-7-2-9-18(15)10-4-8-17-16(21)19-11-1-5-13(19)14-6-3-12-22-14/h3,6,12-13H,1-2,4-5,7-11H2,(H,17,21). The Balaban J connectivity index is 1.42. The number of carbonyl (C=O) groups excluding carboxylic acids is 2. The van der Waals surface area contributed by atoms with Crippen LogP contribution in [0, 0.1) is 0 Å². The molecule has 3 heterocycles. The minimum atomic E-state index is 0.0312. The van der Waals surface area contributed by atoms with Crippen LogP contribution in [-0.2, 0) is 4.79 Å². The van der Waals surface area contributed by atoms with Crippen LogP contribution in [-0.4, -0.2) is 47.9 Å². The van der Waals surface area contributed by atoms with E-state index in [9.17, 15) is 9.59 Å². The Morgan fingerprint density at radius 1 is 1.36 bits per heavy atom. The van der Waals surface area contributed by atoms with E-state index in [1.807, 2.05) is 15.9 Å². The Kier molecular flexibility index (Phi) is 4.97. The number of rotatable bonds is 5. The van der Waals surface area contributed by atoms with Crippen LogP contribution in [0.5, 0.6) is 0 Å². The molecular formula is C16H23N3O2S. The second kappa shape index (κ2) is 7.13. The fraction of sp³-hybridized carbons (Fsp3) is 0.625. The van der Waals surface area contributed by atoms with Crippen LogP contribution in [0.1, 0.15) is 43.0 Å². The maximum absolute atomic E-state index is 12.4. The van der Waals surface area contributed by atoms with Crippen molar-refractivity contribution in [2.45, 2.75) is 38.1 Å². The van der Waals surface area contributed by atoms with E-state index in [2.05, 4.69) is 16.8 Å². The molecule has 3 rings (SSSR count). The summed E-state index contributed by atoms with van der Waals surface area (Å²) in [6.45, 7) is 3.10. The Labute approximate surface area is 135 Å². The predicted octanol–water partition coefficient (Wildman–Crippen LogP) is 2.61. The summed E-state index contributed by atoms with van der Waals surface area (Å²) in [5.74, 6) is 0.253. The van der Waals surface area contributed by atoms with Crippen LogP contribution < -0.4 is 5.32 Å². The van der Waals surface area contributed by atoms with Gasteiger partial charge in [-0.15, -0.1) is 11.3 Å². The van der Waals surface area contributed by atoms with Gasteiger partial charge in [0.2, 0.25) is 5.91 Å². The highest BCUT2D eigenvalue weighted by molar-refractivity contribution is 7.10. The van der Waals surface area contributed by atoms with Crippen LogP contribution in [0.3, 0.4) is 0 Å². The zero-order chi connectivity index (χ0) is 15.4. The van der Waals surface area contributed by atoms with Crippen molar-refractivity contribution >= 4 is 23.3 Å². The monoisotopic (exact) mass is 321 g/mol. The highest BCUT2D eigenvalue weighted by atomic mass is 32.1. The molecule has 1 N–H and O–H groups in total. The second-order valence-corrected chi connectivity index (χ2v) is 6.92. The molecule has 22 heavy (non-hydrogen) atoms. The van der Waals surface area contributed by atoms with Crippen molar-refractivity contribution in [3.63, 3.8) is 0 Å². The van der Waals surface area contributed by atoms with Crippen LogP contribution in [0.25, 0.3) is 0 Å². The molecule has 2 fully saturated rings. The van der Waals surface area contributed by atoms with Gasteiger partial charge in [-0.2, -0.15) is 0 Å². The lowest BCUT2D eigenvalue weighted by Crippen LogP contribution is -2.40. The third kappa shape index (κ3) is 3.43. The largest absolute Gasteiger partial charge is 0.343 e. The fourth-order valence-corrected chi connectivity index (χ4v) is 4.17. The maximum atomic E-state index is 12.4. The number of hydrogen-bond donors (Lipinski definition) is 1. The lowest BCUT2D eigenvalue weighted by atomic mass is 10.2. The van der Waals surface area contributed by atoms with Gasteiger partial charge in [0.1, 0.15) is 0 Å². The van der Waals surface area contributed by atoms with E-state index in [1.54, 1.807) is 11.3 Å². The molecule has 0 aliphatic carbocycles. The third-order valence-corrected chi connectivity index (χ3v) is 5.41. The topological polar surface area (TPSA) is 52.7 Å². The minimum Gasteiger partial charge on any atom is -0.343 e. The molecule has 2 aliphatic rings. The Bertz CT molecular complexity index is 517. The zero-order valence-electron chi connectivity index (χ0n) is 12.8. The molecule has 0 spiro atoms. The molecule has 120 valence electrons. The van der Waals surface area contributed by atoms with Crippen LogP contribution >= 0.6 is 11.3 Å². The third-order valence-electron chi connectivity index (χ3n) is 4.44. The first-order chi connectivity index (χ1) is 10.8. The molecule has 3 amide bonds. The van der Waals surface area contributed by atoms with Gasteiger partial charge in [0, 0.05) is 37.5 Å². The molecular weight excluding hydrogens is 298 g/mol. The number of thiophene rings is 1. The van der Waals surface area contributed by atoms with E-state index in [0.717, 1.165) is 45.3 Å². The molecule has 2 saturated heterocycles. The Morgan fingerprint density at radius 2 is 2.27 bits per heavy atom. The van der Waals surface area contributed by atoms with E-state index in [1.165, 1.54) is 4.88 Å². The normalized spacial score (nSPS) is 21.6. The number of urea groups is 1. The van der Waals surface area contributed by atoms with E-state index >= 15 is 0 Å². The van der Waals surface area contributed by atoms with Crippen molar-refractivity contribution in [1.29, 1.82) is 0 Å². The van der Waals surface area contributed by atoms with Gasteiger partial charge in [-0.1, -0.05) is 6.07 Å². The smallest absolute Gasteiger partial charge is 0.317 e. The van der Waals surface area contributed by atoms with Gasteiger partial charge in [0.25, 0.3) is 0 Å². The first-order valence-electron chi connectivity index (χ1n) is 8.11. The molecule has 1 aromatic rings. The quantitative estimate of drug-likeness (QED) is 0.848. The van der Waals surface area contributed by atoms with E-state index in [-0.39, 0.29) is 18.0 Å². The summed E-state index contributed by atoms with van der Waals surface area (Å²) in [5.41, 5.74) is 0. The fourth-order valence-electron chi connectivity index (χ4n) is 3.29. The summed E-state index contributed by atoms with van der Waals surface area (Å²) in [4.78, 5) is 29.0. The second-order valence-electron chi connectivity index (χ2n) is 5.94. The van der Waals surface area contributed by atoms with E-state index < -0.39 is 0 Å². The van der Waals surface area contributed by atoms with Gasteiger partial charge in [0.05, 0.1) is 6.04 Å². The van der Waals surface area contributed by atoms with Crippen molar-refractivity contribution in [3.05, 3.63) is 22.4 Å². The van der Waals surface area contributed by atoms with Gasteiger partial charge in [-0.05, 0) is 37.1 Å². The summed E-state index contributed by atoms with van der Waals surface area (Å²) in [5, 5.41) is 5.08. The molecule has 0 aromatic carbocycles. The lowest BCUT2D eigenvalue weighted by molar-refractivity contribution is -0.127. The van der Waals surface area contributed by atoms with Crippen molar-refractivity contribution in [1.82, 2.24) is 15.1 Å². The maximum Gasteiger partial charge on any atom is 0.317 e. The molecule has 0 saturated carbocycles. The Morgan fingerprint density at radius 3 is 3.00 bits per heavy atom. The molecule has 5 nitrogen and oxygen atoms in total. The summed E-state index contributed by atoms with van der Waals surface area (Å²) < 4.78 is 0. The van der Waals surface area contributed by atoms with Gasteiger partial charge in [-0.25, -0.2) is 4.79 Å². The molecule has 1 atom stereocenters.